The van der Waals surface area contributed by atoms with Crippen molar-refractivity contribution in [2.45, 2.75) is 45.1 Å². The van der Waals surface area contributed by atoms with Gasteiger partial charge in [0.2, 0.25) is 5.91 Å². The van der Waals surface area contributed by atoms with Gasteiger partial charge in [-0.1, -0.05) is 12.5 Å². The van der Waals surface area contributed by atoms with Crippen LogP contribution in [0.5, 0.6) is 0 Å². The van der Waals surface area contributed by atoms with Gasteiger partial charge in [0.25, 0.3) is 0 Å². The van der Waals surface area contributed by atoms with Crippen LogP contribution in [0.2, 0.25) is 0 Å². The Morgan fingerprint density at radius 3 is 2.73 bits per heavy atom. The number of pyridine rings is 1. The molecule has 2 bridgehead atoms. The van der Waals surface area contributed by atoms with Gasteiger partial charge in [-0.15, -0.1) is 0 Å². The maximum Gasteiger partial charge on any atom is 0.221 e. The number of piperazine rings is 1. The highest BCUT2D eigenvalue weighted by molar-refractivity contribution is 5.76. The summed E-state index contributed by atoms with van der Waals surface area (Å²) in [5, 5.41) is 3.29. The zero-order valence-corrected chi connectivity index (χ0v) is 15.9. The summed E-state index contributed by atoms with van der Waals surface area (Å²) in [6, 6.07) is 6.41. The minimum atomic E-state index is 0.229. The monoisotopic (exact) mass is 356 g/mol. The highest BCUT2D eigenvalue weighted by atomic mass is 16.1. The first-order valence-corrected chi connectivity index (χ1v) is 10.4. The van der Waals surface area contributed by atoms with Crippen molar-refractivity contribution >= 4 is 11.7 Å². The molecular weight excluding hydrogens is 324 g/mol. The molecule has 1 aromatic heterocycles. The highest BCUT2D eigenvalue weighted by Gasteiger charge is 2.42. The average Bonchev–Trinajstić information content (AvgIpc) is 3.31. The molecule has 1 aromatic rings. The second kappa shape index (κ2) is 7.95. The molecule has 4 rings (SSSR count). The molecule has 1 N–H and O–H groups in total. The Morgan fingerprint density at radius 2 is 2.08 bits per heavy atom. The van der Waals surface area contributed by atoms with E-state index >= 15 is 0 Å². The number of carbonyl (C=O) groups excluding carboxylic acids is 1. The molecule has 2 aliphatic carbocycles. The van der Waals surface area contributed by atoms with Crippen molar-refractivity contribution in [1.82, 2.24) is 15.2 Å². The number of anilines is 1. The third-order valence-electron chi connectivity index (χ3n) is 6.82. The number of fused-ring (bicyclic) bond motifs is 2. The molecule has 3 fully saturated rings. The quantitative estimate of drug-likeness (QED) is 0.851. The van der Waals surface area contributed by atoms with Gasteiger partial charge < -0.3 is 10.2 Å². The third kappa shape index (κ3) is 4.03. The first-order valence-electron chi connectivity index (χ1n) is 10.4. The molecular formula is C21H32N4O. The molecule has 2 saturated carbocycles. The Kier molecular flexibility index (Phi) is 5.44. The molecule has 4 atom stereocenters. The van der Waals surface area contributed by atoms with Gasteiger partial charge in [-0.3, -0.25) is 9.69 Å². The fraction of sp³-hybridized carbons (Fsp3) is 0.714. The Bertz CT molecular complexity index is 599. The minimum Gasteiger partial charge on any atom is -0.354 e. The topological polar surface area (TPSA) is 48.5 Å². The van der Waals surface area contributed by atoms with Gasteiger partial charge in [-0.2, -0.15) is 0 Å². The molecule has 0 aromatic carbocycles. The van der Waals surface area contributed by atoms with E-state index in [0.29, 0.717) is 12.5 Å². The largest absolute Gasteiger partial charge is 0.354 e. The lowest BCUT2D eigenvalue weighted by Gasteiger charge is -2.35. The summed E-state index contributed by atoms with van der Waals surface area (Å²) >= 11 is 0. The second-order valence-electron chi connectivity index (χ2n) is 8.46. The van der Waals surface area contributed by atoms with Gasteiger partial charge in [-0.25, -0.2) is 4.98 Å². The number of carbonyl (C=O) groups is 1. The molecule has 0 spiro atoms. The third-order valence-corrected chi connectivity index (χ3v) is 6.82. The van der Waals surface area contributed by atoms with E-state index in [1.807, 2.05) is 18.3 Å². The van der Waals surface area contributed by atoms with Crippen molar-refractivity contribution in [3.05, 3.63) is 24.4 Å². The lowest BCUT2D eigenvalue weighted by molar-refractivity contribution is -0.122. The number of amides is 1. The summed E-state index contributed by atoms with van der Waals surface area (Å²) in [4.78, 5) is 21.5. The molecule has 3 aliphatic rings. The van der Waals surface area contributed by atoms with Crippen molar-refractivity contribution in [2.24, 2.45) is 17.8 Å². The van der Waals surface area contributed by atoms with Crippen LogP contribution in [0, 0.1) is 17.8 Å². The normalized spacial score (nSPS) is 29.7. The molecule has 5 heteroatoms. The molecule has 1 saturated heterocycles. The number of nitrogens with one attached hydrogen (secondary N) is 1. The summed E-state index contributed by atoms with van der Waals surface area (Å²) in [5.41, 5.74) is 0. The van der Waals surface area contributed by atoms with E-state index in [-0.39, 0.29) is 5.91 Å². The van der Waals surface area contributed by atoms with Crippen LogP contribution < -0.4 is 10.2 Å². The van der Waals surface area contributed by atoms with Gasteiger partial charge in [0.15, 0.2) is 0 Å². The van der Waals surface area contributed by atoms with Crippen molar-refractivity contribution in [1.29, 1.82) is 0 Å². The van der Waals surface area contributed by atoms with Crippen molar-refractivity contribution in [2.75, 3.05) is 37.6 Å². The average molecular weight is 357 g/mol. The Morgan fingerprint density at radius 1 is 1.23 bits per heavy atom. The van der Waals surface area contributed by atoms with Gasteiger partial charge in [-0.05, 0) is 56.1 Å². The van der Waals surface area contributed by atoms with Crippen LogP contribution in [-0.2, 0) is 4.79 Å². The van der Waals surface area contributed by atoms with Crippen LogP contribution in [0.4, 0.5) is 5.82 Å². The maximum absolute atomic E-state index is 12.4. The Hall–Kier alpha value is -1.62. The van der Waals surface area contributed by atoms with Crippen LogP contribution in [0.3, 0.4) is 0 Å². The number of rotatable bonds is 6. The highest BCUT2D eigenvalue weighted by Crippen LogP contribution is 2.49. The predicted molar refractivity (Wildman–Crippen MR) is 104 cm³/mol. The Labute approximate surface area is 157 Å². The first kappa shape index (κ1) is 17.8. The van der Waals surface area contributed by atoms with E-state index in [4.69, 9.17) is 0 Å². The maximum atomic E-state index is 12.4. The van der Waals surface area contributed by atoms with Gasteiger partial charge in [0, 0.05) is 51.4 Å². The molecule has 1 aliphatic heterocycles. The lowest BCUT2D eigenvalue weighted by atomic mass is 9.84. The van der Waals surface area contributed by atoms with Crippen LogP contribution in [0.25, 0.3) is 0 Å². The zero-order chi connectivity index (χ0) is 17.9. The van der Waals surface area contributed by atoms with E-state index in [9.17, 15) is 4.79 Å². The lowest BCUT2D eigenvalue weighted by Crippen LogP contribution is -2.48. The van der Waals surface area contributed by atoms with Crippen LogP contribution in [0.15, 0.2) is 24.4 Å². The summed E-state index contributed by atoms with van der Waals surface area (Å²) in [7, 11) is 0. The molecule has 0 radical (unpaired) electrons. The van der Waals surface area contributed by atoms with E-state index in [2.05, 4.69) is 33.1 Å². The summed E-state index contributed by atoms with van der Waals surface area (Å²) in [5.74, 6) is 3.83. The van der Waals surface area contributed by atoms with E-state index in [0.717, 1.165) is 56.3 Å². The Balaban J connectivity index is 1.16. The summed E-state index contributed by atoms with van der Waals surface area (Å²) < 4.78 is 0. The van der Waals surface area contributed by atoms with E-state index < -0.39 is 0 Å². The van der Waals surface area contributed by atoms with Crippen LogP contribution >= 0.6 is 0 Å². The van der Waals surface area contributed by atoms with Crippen LogP contribution in [-0.4, -0.2) is 54.6 Å². The van der Waals surface area contributed by atoms with Crippen LogP contribution in [0.1, 0.15) is 39.0 Å². The second-order valence-corrected chi connectivity index (χ2v) is 8.46. The standard InChI is InChI=1S/C21H32N4O/c1-16(19-15-17-5-6-18(19)14-17)23-21(26)7-9-24-10-12-25(13-11-24)20-4-2-3-8-22-20/h2-4,8,16-19H,5-7,9-15H2,1H3,(H,23,26). The molecule has 26 heavy (non-hydrogen) atoms. The fourth-order valence-electron chi connectivity index (χ4n) is 5.34. The summed E-state index contributed by atoms with van der Waals surface area (Å²) in [6.07, 6.45) is 8.02. The number of hydrogen-bond acceptors (Lipinski definition) is 4. The molecule has 2 heterocycles. The predicted octanol–water partition coefficient (Wildman–Crippen LogP) is 2.53. The van der Waals surface area contributed by atoms with Gasteiger partial charge in [0.05, 0.1) is 0 Å². The molecule has 4 unspecified atom stereocenters. The summed E-state index contributed by atoms with van der Waals surface area (Å²) in [6.45, 7) is 7.07. The zero-order valence-electron chi connectivity index (χ0n) is 15.9. The first-order chi connectivity index (χ1) is 12.7. The molecule has 1 amide bonds. The number of nitrogens with zero attached hydrogens (tertiary/aromatic N) is 3. The molecule has 5 nitrogen and oxygen atoms in total. The van der Waals surface area contributed by atoms with Crippen molar-refractivity contribution < 1.29 is 4.79 Å². The van der Waals surface area contributed by atoms with E-state index in [1.54, 1.807) is 0 Å². The minimum absolute atomic E-state index is 0.229. The van der Waals surface area contributed by atoms with Crippen molar-refractivity contribution in [3.8, 4) is 0 Å². The van der Waals surface area contributed by atoms with Gasteiger partial charge in [0.1, 0.15) is 5.82 Å². The SMILES string of the molecule is CC(NC(=O)CCN1CCN(c2ccccn2)CC1)C1CC2CCC1C2. The molecule has 142 valence electrons. The smallest absolute Gasteiger partial charge is 0.221 e. The van der Waals surface area contributed by atoms with Gasteiger partial charge >= 0.3 is 0 Å². The van der Waals surface area contributed by atoms with Crippen molar-refractivity contribution in [3.63, 3.8) is 0 Å². The fourth-order valence-corrected chi connectivity index (χ4v) is 5.34. The number of aromatic nitrogens is 1. The van der Waals surface area contributed by atoms with E-state index in [1.165, 1.54) is 25.7 Å². The number of hydrogen-bond donors (Lipinski definition) is 1.